The molecule has 0 atom stereocenters. The average Bonchev–Trinajstić information content (AvgIpc) is 2.96. The summed E-state index contributed by atoms with van der Waals surface area (Å²) in [5, 5.41) is 0. The number of aromatic nitrogens is 2. The fourth-order valence-corrected chi connectivity index (χ4v) is 3.88. The minimum atomic E-state index is -0.359. The molecule has 0 spiro atoms. The summed E-state index contributed by atoms with van der Waals surface area (Å²) in [6, 6.07) is 18.3. The SMILES string of the molecule is COc1ccc(CC(=O)OCc2cccnc2)cc1-c1cc(CC(=O)OCc2cccnc2)ccc1OC. The molecule has 4 rings (SSSR count). The van der Waals surface area contributed by atoms with Gasteiger partial charge in [0, 0.05) is 47.0 Å². The van der Waals surface area contributed by atoms with Crippen LogP contribution in [0.25, 0.3) is 11.1 Å². The molecule has 2 aromatic carbocycles. The molecule has 0 amide bonds. The maximum atomic E-state index is 12.5. The summed E-state index contributed by atoms with van der Waals surface area (Å²) < 4.78 is 22.0. The highest BCUT2D eigenvalue weighted by atomic mass is 16.5. The van der Waals surface area contributed by atoms with Crippen molar-refractivity contribution in [3.63, 3.8) is 0 Å². The summed E-state index contributed by atoms with van der Waals surface area (Å²) in [5.41, 5.74) is 4.59. The number of nitrogens with zero attached hydrogens (tertiary/aromatic N) is 2. The van der Waals surface area contributed by atoms with E-state index in [4.69, 9.17) is 18.9 Å². The minimum absolute atomic E-state index is 0.0833. The Kier molecular flexibility index (Phi) is 9.02. The van der Waals surface area contributed by atoms with Crippen molar-refractivity contribution in [1.82, 2.24) is 9.97 Å². The van der Waals surface area contributed by atoms with E-state index in [0.29, 0.717) is 11.5 Å². The monoisotopic (exact) mass is 512 g/mol. The highest BCUT2D eigenvalue weighted by molar-refractivity contribution is 5.80. The smallest absolute Gasteiger partial charge is 0.310 e. The lowest BCUT2D eigenvalue weighted by atomic mass is 9.97. The topological polar surface area (TPSA) is 96.8 Å². The Hall–Kier alpha value is -4.72. The fraction of sp³-hybridized carbons (Fsp3) is 0.200. The largest absolute Gasteiger partial charge is 0.496 e. The van der Waals surface area contributed by atoms with Crippen LogP contribution in [0.5, 0.6) is 11.5 Å². The molecule has 0 saturated carbocycles. The van der Waals surface area contributed by atoms with Crippen LogP contribution in [0.3, 0.4) is 0 Å². The third-order valence-corrected chi connectivity index (χ3v) is 5.76. The van der Waals surface area contributed by atoms with Crippen molar-refractivity contribution in [2.45, 2.75) is 26.1 Å². The summed E-state index contributed by atoms with van der Waals surface area (Å²) >= 11 is 0. The fourth-order valence-electron chi connectivity index (χ4n) is 3.88. The number of esters is 2. The lowest BCUT2D eigenvalue weighted by Crippen LogP contribution is -2.09. The van der Waals surface area contributed by atoms with E-state index >= 15 is 0 Å². The van der Waals surface area contributed by atoms with Gasteiger partial charge in [0.2, 0.25) is 0 Å². The zero-order chi connectivity index (χ0) is 26.7. The lowest BCUT2D eigenvalue weighted by Gasteiger charge is -2.15. The molecule has 8 nitrogen and oxygen atoms in total. The van der Waals surface area contributed by atoms with Gasteiger partial charge in [0.15, 0.2) is 0 Å². The second-order valence-corrected chi connectivity index (χ2v) is 8.47. The van der Waals surface area contributed by atoms with E-state index < -0.39 is 0 Å². The molecule has 0 bridgehead atoms. The van der Waals surface area contributed by atoms with E-state index in [2.05, 4.69) is 9.97 Å². The van der Waals surface area contributed by atoms with Gasteiger partial charge in [0.1, 0.15) is 24.7 Å². The van der Waals surface area contributed by atoms with Crippen molar-refractivity contribution in [3.8, 4) is 22.6 Å². The molecule has 8 heteroatoms. The number of benzene rings is 2. The number of pyridine rings is 2. The van der Waals surface area contributed by atoms with E-state index in [1.807, 2.05) is 36.4 Å². The Bertz CT molecular complexity index is 1270. The van der Waals surface area contributed by atoms with Crippen LogP contribution in [0, 0.1) is 0 Å². The minimum Gasteiger partial charge on any atom is -0.496 e. The Morgan fingerprint density at radius 2 is 1.08 bits per heavy atom. The van der Waals surface area contributed by atoms with Crippen molar-refractivity contribution in [3.05, 3.63) is 108 Å². The number of methoxy groups -OCH3 is 2. The predicted octanol–water partition coefficient (Wildman–Crippen LogP) is 4.73. The van der Waals surface area contributed by atoms with Gasteiger partial charge in [-0.1, -0.05) is 24.3 Å². The first-order chi connectivity index (χ1) is 18.6. The van der Waals surface area contributed by atoms with Gasteiger partial charge in [-0.25, -0.2) is 0 Å². The molecule has 0 aliphatic carbocycles. The molecule has 0 saturated heterocycles. The molecule has 0 fully saturated rings. The normalized spacial score (nSPS) is 10.5. The molecule has 2 aromatic heterocycles. The van der Waals surface area contributed by atoms with E-state index in [0.717, 1.165) is 33.4 Å². The van der Waals surface area contributed by atoms with Crippen molar-refractivity contribution < 1.29 is 28.5 Å². The Morgan fingerprint density at radius 3 is 1.45 bits per heavy atom. The lowest BCUT2D eigenvalue weighted by molar-refractivity contribution is -0.145. The van der Waals surface area contributed by atoms with Gasteiger partial charge in [0.25, 0.3) is 0 Å². The maximum absolute atomic E-state index is 12.5. The summed E-state index contributed by atoms with van der Waals surface area (Å²) in [7, 11) is 3.15. The zero-order valence-electron chi connectivity index (χ0n) is 21.3. The van der Waals surface area contributed by atoms with Gasteiger partial charge in [-0.15, -0.1) is 0 Å². The Morgan fingerprint density at radius 1 is 0.632 bits per heavy atom. The van der Waals surface area contributed by atoms with Gasteiger partial charge in [-0.05, 0) is 47.5 Å². The van der Waals surface area contributed by atoms with Crippen LogP contribution in [-0.4, -0.2) is 36.1 Å². The molecule has 0 N–H and O–H groups in total. The van der Waals surface area contributed by atoms with E-state index in [9.17, 15) is 9.59 Å². The van der Waals surface area contributed by atoms with Crippen LogP contribution in [0.1, 0.15) is 22.3 Å². The molecule has 2 heterocycles. The summed E-state index contributed by atoms with van der Waals surface area (Å²) in [6.45, 7) is 0.310. The van der Waals surface area contributed by atoms with Crippen LogP contribution >= 0.6 is 0 Å². The first-order valence-corrected chi connectivity index (χ1v) is 12.0. The Labute approximate surface area is 221 Å². The zero-order valence-corrected chi connectivity index (χ0v) is 21.3. The van der Waals surface area contributed by atoms with Crippen LogP contribution in [-0.2, 0) is 45.1 Å². The van der Waals surface area contributed by atoms with Crippen molar-refractivity contribution in [1.29, 1.82) is 0 Å². The number of carbonyl (C=O) groups is 2. The van der Waals surface area contributed by atoms with E-state index in [1.165, 1.54) is 0 Å². The van der Waals surface area contributed by atoms with Gasteiger partial charge in [0.05, 0.1) is 27.1 Å². The maximum Gasteiger partial charge on any atom is 0.310 e. The quantitative estimate of drug-likeness (QED) is 0.266. The number of rotatable bonds is 11. The van der Waals surface area contributed by atoms with Crippen molar-refractivity contribution in [2.24, 2.45) is 0 Å². The standard InChI is InChI=1S/C30H28N2O6/c1-35-27-9-7-21(15-29(33)37-19-23-5-3-11-31-17-23)13-25(27)26-14-22(8-10-28(26)36-2)16-30(34)38-20-24-6-4-12-32-18-24/h3-14,17-18H,15-16,19-20H2,1-2H3. The Balaban J connectivity index is 1.50. The first-order valence-electron chi connectivity index (χ1n) is 12.0. The molecular formula is C30H28N2O6. The van der Waals surface area contributed by atoms with Gasteiger partial charge < -0.3 is 18.9 Å². The van der Waals surface area contributed by atoms with Crippen LogP contribution in [0.4, 0.5) is 0 Å². The highest BCUT2D eigenvalue weighted by Crippen LogP contribution is 2.38. The number of carbonyl (C=O) groups excluding carboxylic acids is 2. The number of hydrogen-bond acceptors (Lipinski definition) is 8. The van der Waals surface area contributed by atoms with Crippen molar-refractivity contribution in [2.75, 3.05) is 14.2 Å². The average molecular weight is 513 g/mol. The van der Waals surface area contributed by atoms with Crippen LogP contribution in [0.2, 0.25) is 0 Å². The summed E-state index contributed by atoms with van der Waals surface area (Å²) in [6.07, 6.45) is 6.82. The molecule has 194 valence electrons. The number of hydrogen-bond donors (Lipinski definition) is 0. The molecule has 0 radical (unpaired) electrons. The number of ether oxygens (including phenoxy) is 4. The summed E-state index contributed by atoms with van der Waals surface area (Å²) in [5.74, 6) is 0.489. The first kappa shape index (κ1) is 26.3. The van der Waals surface area contributed by atoms with Crippen LogP contribution in [0.15, 0.2) is 85.5 Å². The third kappa shape index (κ3) is 7.16. The van der Waals surface area contributed by atoms with E-state index in [-0.39, 0.29) is 38.0 Å². The summed E-state index contributed by atoms with van der Waals surface area (Å²) in [4.78, 5) is 33.0. The highest BCUT2D eigenvalue weighted by Gasteiger charge is 2.16. The molecule has 0 aliphatic rings. The second kappa shape index (κ2) is 13.0. The van der Waals surface area contributed by atoms with Gasteiger partial charge >= 0.3 is 11.9 Å². The molecule has 0 aliphatic heterocycles. The molecule has 38 heavy (non-hydrogen) atoms. The second-order valence-electron chi connectivity index (χ2n) is 8.47. The van der Waals surface area contributed by atoms with Gasteiger partial charge in [-0.2, -0.15) is 0 Å². The molecular weight excluding hydrogens is 484 g/mol. The van der Waals surface area contributed by atoms with Gasteiger partial charge in [-0.3, -0.25) is 19.6 Å². The third-order valence-electron chi connectivity index (χ3n) is 5.76. The predicted molar refractivity (Wildman–Crippen MR) is 140 cm³/mol. The van der Waals surface area contributed by atoms with Crippen LogP contribution < -0.4 is 9.47 Å². The van der Waals surface area contributed by atoms with Crippen molar-refractivity contribution >= 4 is 11.9 Å². The molecule has 0 unspecified atom stereocenters. The van der Waals surface area contributed by atoms with E-state index in [1.54, 1.807) is 63.3 Å². The molecule has 4 aromatic rings.